The standard InChI is InChI=1S/C13H17NO4/c1-17-12(15)9-14(10-5-2-3-6-10)13(16)11-7-4-8-18-11/h4,7-8,10H,2-3,5-6,9H2,1H3. The zero-order valence-electron chi connectivity index (χ0n) is 10.4. The van der Waals surface area contributed by atoms with E-state index in [1.165, 1.54) is 13.4 Å². The summed E-state index contributed by atoms with van der Waals surface area (Å²) in [5.41, 5.74) is 0. The van der Waals surface area contributed by atoms with Crippen molar-refractivity contribution < 1.29 is 18.7 Å². The Bertz CT molecular complexity index is 407. The van der Waals surface area contributed by atoms with Crippen LogP contribution in [0.4, 0.5) is 0 Å². The van der Waals surface area contributed by atoms with Gasteiger partial charge < -0.3 is 14.1 Å². The fourth-order valence-corrected chi connectivity index (χ4v) is 2.33. The van der Waals surface area contributed by atoms with Crippen molar-refractivity contribution in [2.75, 3.05) is 13.7 Å². The van der Waals surface area contributed by atoms with Crippen LogP contribution in [0.1, 0.15) is 36.2 Å². The first-order chi connectivity index (χ1) is 8.72. The van der Waals surface area contributed by atoms with E-state index in [1.807, 2.05) is 0 Å². The van der Waals surface area contributed by atoms with Crippen LogP contribution in [-0.4, -0.2) is 36.5 Å². The van der Waals surface area contributed by atoms with Crippen molar-refractivity contribution in [1.29, 1.82) is 0 Å². The van der Waals surface area contributed by atoms with Gasteiger partial charge in [-0.2, -0.15) is 0 Å². The lowest BCUT2D eigenvalue weighted by Gasteiger charge is -2.26. The summed E-state index contributed by atoms with van der Waals surface area (Å²) in [4.78, 5) is 25.2. The summed E-state index contributed by atoms with van der Waals surface area (Å²) in [6.07, 6.45) is 5.51. The Morgan fingerprint density at radius 3 is 2.72 bits per heavy atom. The summed E-state index contributed by atoms with van der Waals surface area (Å²) < 4.78 is 9.75. The summed E-state index contributed by atoms with van der Waals surface area (Å²) in [5.74, 6) is -0.370. The van der Waals surface area contributed by atoms with E-state index >= 15 is 0 Å². The molecule has 1 saturated carbocycles. The molecule has 0 unspecified atom stereocenters. The van der Waals surface area contributed by atoms with Gasteiger partial charge in [-0.25, -0.2) is 0 Å². The van der Waals surface area contributed by atoms with Crippen LogP contribution >= 0.6 is 0 Å². The highest BCUT2D eigenvalue weighted by molar-refractivity contribution is 5.93. The summed E-state index contributed by atoms with van der Waals surface area (Å²) in [7, 11) is 1.33. The molecule has 1 aliphatic carbocycles. The Morgan fingerprint density at radius 2 is 2.17 bits per heavy atom. The van der Waals surface area contributed by atoms with Gasteiger partial charge in [0, 0.05) is 6.04 Å². The minimum absolute atomic E-state index is 0.0132. The molecule has 5 heteroatoms. The number of esters is 1. The molecule has 0 saturated heterocycles. The van der Waals surface area contributed by atoms with Gasteiger partial charge in [-0.05, 0) is 25.0 Å². The molecule has 1 aromatic rings. The number of carbonyl (C=O) groups excluding carboxylic acids is 2. The van der Waals surface area contributed by atoms with Crippen molar-refractivity contribution in [2.24, 2.45) is 0 Å². The summed E-state index contributed by atoms with van der Waals surface area (Å²) >= 11 is 0. The molecule has 1 aliphatic rings. The molecule has 1 fully saturated rings. The van der Waals surface area contributed by atoms with E-state index in [1.54, 1.807) is 17.0 Å². The van der Waals surface area contributed by atoms with Crippen molar-refractivity contribution in [3.8, 4) is 0 Å². The minimum atomic E-state index is -0.401. The van der Waals surface area contributed by atoms with Crippen molar-refractivity contribution in [3.63, 3.8) is 0 Å². The summed E-state index contributed by atoms with van der Waals surface area (Å²) in [6, 6.07) is 3.39. The lowest BCUT2D eigenvalue weighted by Crippen LogP contribution is -2.42. The highest BCUT2D eigenvalue weighted by atomic mass is 16.5. The zero-order chi connectivity index (χ0) is 13.0. The Morgan fingerprint density at radius 1 is 1.44 bits per heavy atom. The van der Waals surface area contributed by atoms with Crippen LogP contribution in [0.3, 0.4) is 0 Å². The number of carbonyl (C=O) groups is 2. The van der Waals surface area contributed by atoms with Gasteiger partial charge in [0.25, 0.3) is 5.91 Å². The molecule has 0 atom stereocenters. The van der Waals surface area contributed by atoms with E-state index < -0.39 is 5.97 Å². The number of hydrogen-bond donors (Lipinski definition) is 0. The lowest BCUT2D eigenvalue weighted by atomic mass is 10.2. The minimum Gasteiger partial charge on any atom is -0.468 e. The third-order valence-electron chi connectivity index (χ3n) is 3.29. The predicted molar refractivity (Wildman–Crippen MR) is 64.0 cm³/mol. The van der Waals surface area contributed by atoms with Crippen LogP contribution in [0.15, 0.2) is 22.8 Å². The number of furan rings is 1. The Balaban J connectivity index is 2.13. The Kier molecular flexibility index (Phi) is 4.02. The van der Waals surface area contributed by atoms with Crippen molar-refractivity contribution in [3.05, 3.63) is 24.2 Å². The third kappa shape index (κ3) is 2.72. The van der Waals surface area contributed by atoms with E-state index in [-0.39, 0.29) is 24.3 Å². The van der Waals surface area contributed by atoms with Crippen LogP contribution in [0.25, 0.3) is 0 Å². The van der Waals surface area contributed by atoms with Crippen LogP contribution in [0.2, 0.25) is 0 Å². The van der Waals surface area contributed by atoms with E-state index in [9.17, 15) is 9.59 Å². The molecule has 0 aromatic carbocycles. The first kappa shape index (κ1) is 12.7. The number of rotatable bonds is 4. The van der Waals surface area contributed by atoms with Gasteiger partial charge in [-0.3, -0.25) is 9.59 Å². The number of ether oxygens (including phenoxy) is 1. The van der Waals surface area contributed by atoms with Crippen LogP contribution in [0.5, 0.6) is 0 Å². The lowest BCUT2D eigenvalue weighted by molar-refractivity contribution is -0.141. The molecular weight excluding hydrogens is 234 g/mol. The van der Waals surface area contributed by atoms with E-state index in [2.05, 4.69) is 4.74 Å². The van der Waals surface area contributed by atoms with Gasteiger partial charge in [-0.1, -0.05) is 12.8 Å². The van der Waals surface area contributed by atoms with Crippen LogP contribution in [0, 0.1) is 0 Å². The first-order valence-electron chi connectivity index (χ1n) is 6.13. The molecule has 1 heterocycles. The molecule has 0 N–H and O–H groups in total. The molecule has 0 bridgehead atoms. The normalized spacial score (nSPS) is 15.6. The summed E-state index contributed by atoms with van der Waals surface area (Å²) in [5, 5.41) is 0. The molecule has 98 valence electrons. The van der Waals surface area contributed by atoms with Crippen molar-refractivity contribution >= 4 is 11.9 Å². The monoisotopic (exact) mass is 251 g/mol. The van der Waals surface area contributed by atoms with Crippen LogP contribution in [-0.2, 0) is 9.53 Å². The van der Waals surface area contributed by atoms with E-state index in [4.69, 9.17) is 4.42 Å². The smallest absolute Gasteiger partial charge is 0.325 e. The number of amides is 1. The zero-order valence-corrected chi connectivity index (χ0v) is 10.4. The number of methoxy groups -OCH3 is 1. The highest BCUT2D eigenvalue weighted by Gasteiger charge is 2.30. The maximum absolute atomic E-state index is 12.3. The Labute approximate surface area is 106 Å². The average Bonchev–Trinajstić information content (AvgIpc) is 3.06. The highest BCUT2D eigenvalue weighted by Crippen LogP contribution is 2.25. The molecule has 1 aromatic heterocycles. The third-order valence-corrected chi connectivity index (χ3v) is 3.29. The van der Waals surface area contributed by atoms with Crippen LogP contribution < -0.4 is 0 Å². The molecule has 2 rings (SSSR count). The van der Waals surface area contributed by atoms with Gasteiger partial charge in [0.2, 0.25) is 0 Å². The van der Waals surface area contributed by atoms with Gasteiger partial charge in [0.1, 0.15) is 6.54 Å². The number of hydrogen-bond acceptors (Lipinski definition) is 4. The maximum Gasteiger partial charge on any atom is 0.325 e. The Hall–Kier alpha value is -1.78. The van der Waals surface area contributed by atoms with Gasteiger partial charge >= 0.3 is 5.97 Å². The van der Waals surface area contributed by atoms with E-state index in [0.717, 1.165) is 25.7 Å². The largest absolute Gasteiger partial charge is 0.468 e. The van der Waals surface area contributed by atoms with E-state index in [0.29, 0.717) is 0 Å². The summed E-state index contributed by atoms with van der Waals surface area (Å²) in [6.45, 7) is -0.0132. The van der Waals surface area contributed by atoms with Crippen molar-refractivity contribution in [2.45, 2.75) is 31.7 Å². The molecular formula is C13H17NO4. The first-order valence-corrected chi connectivity index (χ1v) is 6.13. The second kappa shape index (κ2) is 5.71. The van der Waals surface area contributed by atoms with Crippen molar-refractivity contribution in [1.82, 2.24) is 4.90 Å². The molecule has 5 nitrogen and oxygen atoms in total. The molecule has 1 amide bonds. The van der Waals surface area contributed by atoms with Gasteiger partial charge in [-0.15, -0.1) is 0 Å². The molecule has 18 heavy (non-hydrogen) atoms. The van der Waals surface area contributed by atoms with Gasteiger partial charge in [0.05, 0.1) is 13.4 Å². The quantitative estimate of drug-likeness (QED) is 0.766. The van der Waals surface area contributed by atoms with Gasteiger partial charge in [0.15, 0.2) is 5.76 Å². The average molecular weight is 251 g/mol. The SMILES string of the molecule is COC(=O)CN(C(=O)c1ccco1)C1CCCC1. The molecule has 0 aliphatic heterocycles. The molecule has 0 radical (unpaired) electrons. The fraction of sp³-hybridized carbons (Fsp3) is 0.538. The fourth-order valence-electron chi connectivity index (χ4n) is 2.33. The topological polar surface area (TPSA) is 59.8 Å². The second-order valence-corrected chi connectivity index (χ2v) is 4.42. The maximum atomic E-state index is 12.3. The second-order valence-electron chi connectivity index (χ2n) is 4.42. The predicted octanol–water partition coefficient (Wildman–Crippen LogP) is 1.84. The number of nitrogens with zero attached hydrogens (tertiary/aromatic N) is 1. The molecule has 0 spiro atoms.